The summed E-state index contributed by atoms with van der Waals surface area (Å²) in [7, 11) is 1.60. The van der Waals surface area contributed by atoms with Crippen molar-refractivity contribution in [3.8, 4) is 5.75 Å². The Bertz CT molecular complexity index is 907. The molecule has 0 N–H and O–H groups in total. The van der Waals surface area contributed by atoms with Gasteiger partial charge in [0.2, 0.25) is 5.91 Å². The van der Waals surface area contributed by atoms with Crippen molar-refractivity contribution < 1.29 is 9.53 Å². The topological polar surface area (TPSA) is 51.5 Å². The molecule has 0 aliphatic rings. The van der Waals surface area contributed by atoms with Crippen molar-refractivity contribution in [1.82, 2.24) is 9.47 Å². The minimum Gasteiger partial charge on any atom is -0.497 e. The molecule has 0 atom stereocenters. The van der Waals surface area contributed by atoms with Gasteiger partial charge in [-0.15, -0.1) is 0 Å². The van der Waals surface area contributed by atoms with Crippen LogP contribution in [-0.4, -0.2) is 35.6 Å². The number of fused-ring (bicyclic) bond motifs is 1. The lowest BCUT2D eigenvalue weighted by atomic mass is 9.95. The number of methoxy groups -OCH3 is 1. The van der Waals surface area contributed by atoms with Crippen molar-refractivity contribution in [2.24, 2.45) is 11.3 Å². The molecule has 1 amide bonds. The lowest BCUT2D eigenvalue weighted by Crippen LogP contribution is -2.42. The third-order valence-corrected chi connectivity index (χ3v) is 5.05. The average Bonchev–Trinajstić information content (AvgIpc) is 2.65. The van der Waals surface area contributed by atoms with Crippen LogP contribution < -0.4 is 10.3 Å². The monoisotopic (exact) mass is 400 g/mol. The van der Waals surface area contributed by atoms with Crippen molar-refractivity contribution in [2.75, 3.05) is 20.2 Å². The maximum Gasteiger partial charge on any atom is 0.254 e. The second kappa shape index (κ2) is 9.47. The minimum absolute atomic E-state index is 0.00580. The Morgan fingerprint density at radius 2 is 1.90 bits per heavy atom. The van der Waals surface area contributed by atoms with Crippen LogP contribution in [0.25, 0.3) is 10.9 Å². The van der Waals surface area contributed by atoms with E-state index in [1.165, 1.54) is 0 Å². The van der Waals surface area contributed by atoms with Gasteiger partial charge in [-0.3, -0.25) is 14.2 Å². The molecule has 0 saturated heterocycles. The number of amides is 1. The number of pyridine rings is 1. The van der Waals surface area contributed by atoms with Gasteiger partial charge in [0.25, 0.3) is 5.56 Å². The average molecular weight is 401 g/mol. The summed E-state index contributed by atoms with van der Waals surface area (Å²) in [6.07, 6.45) is 1.58. The zero-order chi connectivity index (χ0) is 21.8. The number of aromatic nitrogens is 1. The van der Waals surface area contributed by atoms with Crippen LogP contribution >= 0.6 is 0 Å². The number of aryl methyl sites for hydroxylation is 1. The fraction of sp³-hybridized carbons (Fsp3) is 0.583. The van der Waals surface area contributed by atoms with Gasteiger partial charge in [0.1, 0.15) is 12.3 Å². The highest BCUT2D eigenvalue weighted by atomic mass is 16.5. The van der Waals surface area contributed by atoms with Gasteiger partial charge in [-0.05, 0) is 47.8 Å². The zero-order valence-corrected chi connectivity index (χ0v) is 19.0. The van der Waals surface area contributed by atoms with E-state index >= 15 is 0 Å². The van der Waals surface area contributed by atoms with Crippen LogP contribution in [0.5, 0.6) is 5.75 Å². The van der Waals surface area contributed by atoms with Crippen LogP contribution in [0.2, 0.25) is 0 Å². The predicted octanol–water partition coefficient (Wildman–Crippen LogP) is 4.49. The molecule has 0 aliphatic heterocycles. The van der Waals surface area contributed by atoms with Crippen LogP contribution in [-0.2, 0) is 17.8 Å². The van der Waals surface area contributed by atoms with Crippen molar-refractivity contribution >= 4 is 16.8 Å². The predicted molar refractivity (Wildman–Crippen MR) is 120 cm³/mol. The van der Waals surface area contributed by atoms with Crippen LogP contribution in [0.3, 0.4) is 0 Å². The number of ether oxygens (including phenoxy) is 1. The van der Waals surface area contributed by atoms with E-state index < -0.39 is 0 Å². The van der Waals surface area contributed by atoms with Crippen LogP contribution in [0.1, 0.15) is 53.5 Å². The molecule has 1 heterocycles. The molecule has 0 unspecified atom stereocenters. The molecule has 5 heteroatoms. The summed E-state index contributed by atoms with van der Waals surface area (Å²) in [5.74, 6) is 1.18. The van der Waals surface area contributed by atoms with Crippen LogP contribution in [0.4, 0.5) is 0 Å². The largest absolute Gasteiger partial charge is 0.497 e. The Hall–Kier alpha value is -2.30. The van der Waals surface area contributed by atoms with Gasteiger partial charge in [0.05, 0.1) is 12.6 Å². The maximum absolute atomic E-state index is 13.3. The van der Waals surface area contributed by atoms with Crippen LogP contribution in [0.15, 0.2) is 29.1 Å². The van der Waals surface area contributed by atoms with E-state index in [1.807, 2.05) is 36.1 Å². The van der Waals surface area contributed by atoms with Gasteiger partial charge in [0, 0.05) is 24.7 Å². The fourth-order valence-corrected chi connectivity index (χ4v) is 3.46. The number of hydrogen-bond acceptors (Lipinski definition) is 3. The molecule has 0 aliphatic carbocycles. The number of hydrogen-bond donors (Lipinski definition) is 0. The van der Waals surface area contributed by atoms with Gasteiger partial charge in [-0.1, -0.05) is 41.5 Å². The van der Waals surface area contributed by atoms with E-state index in [4.69, 9.17) is 4.74 Å². The summed E-state index contributed by atoms with van der Waals surface area (Å²) in [6.45, 7) is 14.1. The molecule has 0 fully saturated rings. The van der Waals surface area contributed by atoms with Crippen molar-refractivity contribution in [1.29, 1.82) is 0 Å². The number of rotatable bonds is 8. The Morgan fingerprint density at radius 1 is 1.21 bits per heavy atom. The molecule has 160 valence electrons. The molecule has 0 spiro atoms. The molecule has 29 heavy (non-hydrogen) atoms. The SMILES string of the molecule is CCc1cc2ccc(OC)cc2n(CC(=O)N(CCC(C)C)CC(C)(C)C)c1=O. The smallest absolute Gasteiger partial charge is 0.254 e. The Balaban J connectivity index is 2.46. The Morgan fingerprint density at radius 3 is 2.45 bits per heavy atom. The van der Waals surface area contributed by atoms with E-state index in [9.17, 15) is 9.59 Å². The molecular formula is C24H36N2O3. The number of carbonyl (C=O) groups is 1. The van der Waals surface area contributed by atoms with Gasteiger partial charge in [0.15, 0.2) is 0 Å². The minimum atomic E-state index is -0.0961. The zero-order valence-electron chi connectivity index (χ0n) is 19.0. The highest BCUT2D eigenvalue weighted by Gasteiger charge is 2.22. The van der Waals surface area contributed by atoms with Crippen molar-refractivity contribution in [3.05, 3.63) is 40.2 Å². The quantitative estimate of drug-likeness (QED) is 0.656. The van der Waals surface area contributed by atoms with E-state index in [1.54, 1.807) is 11.7 Å². The van der Waals surface area contributed by atoms with Gasteiger partial charge < -0.3 is 9.64 Å². The molecule has 1 aromatic carbocycles. The summed E-state index contributed by atoms with van der Waals surface area (Å²) in [5, 5.41) is 0.944. The van der Waals surface area contributed by atoms with Gasteiger partial charge in [-0.2, -0.15) is 0 Å². The lowest BCUT2D eigenvalue weighted by Gasteiger charge is -2.31. The number of benzene rings is 1. The first-order chi connectivity index (χ1) is 13.6. The summed E-state index contributed by atoms with van der Waals surface area (Å²) in [6, 6.07) is 7.59. The molecule has 2 aromatic rings. The molecule has 1 aromatic heterocycles. The molecule has 2 rings (SSSR count). The maximum atomic E-state index is 13.3. The first-order valence-corrected chi connectivity index (χ1v) is 10.5. The van der Waals surface area contributed by atoms with E-state index in [-0.39, 0.29) is 23.4 Å². The summed E-state index contributed by atoms with van der Waals surface area (Å²) >= 11 is 0. The molecule has 0 bridgehead atoms. The lowest BCUT2D eigenvalue weighted by molar-refractivity contribution is -0.133. The summed E-state index contributed by atoms with van der Waals surface area (Å²) < 4.78 is 6.96. The Kier molecular flexibility index (Phi) is 7.50. The summed E-state index contributed by atoms with van der Waals surface area (Å²) in [5.41, 5.74) is 1.36. The molecular weight excluding hydrogens is 364 g/mol. The molecule has 0 saturated carbocycles. The molecule has 5 nitrogen and oxygen atoms in total. The van der Waals surface area contributed by atoms with Gasteiger partial charge >= 0.3 is 0 Å². The highest BCUT2D eigenvalue weighted by molar-refractivity contribution is 5.84. The standard InChI is InChI=1S/C24H36N2O3/c1-8-18-13-19-9-10-20(29-7)14-21(19)26(23(18)28)15-22(27)25(12-11-17(2)3)16-24(4,5)6/h9-10,13-14,17H,8,11-12,15-16H2,1-7H3. The van der Waals surface area contributed by atoms with Gasteiger partial charge in [-0.25, -0.2) is 0 Å². The number of nitrogens with zero attached hydrogens (tertiary/aromatic N) is 2. The first-order valence-electron chi connectivity index (χ1n) is 10.5. The fourth-order valence-electron chi connectivity index (χ4n) is 3.46. The van der Waals surface area contributed by atoms with E-state index in [0.29, 0.717) is 31.2 Å². The molecule has 0 radical (unpaired) electrons. The first kappa shape index (κ1) is 23.0. The summed E-state index contributed by atoms with van der Waals surface area (Å²) in [4.78, 5) is 28.3. The highest BCUT2D eigenvalue weighted by Crippen LogP contribution is 2.22. The van der Waals surface area contributed by atoms with E-state index in [2.05, 4.69) is 34.6 Å². The van der Waals surface area contributed by atoms with Crippen molar-refractivity contribution in [2.45, 2.75) is 60.9 Å². The third kappa shape index (κ3) is 6.09. The van der Waals surface area contributed by atoms with Crippen molar-refractivity contribution in [3.63, 3.8) is 0 Å². The second-order valence-electron chi connectivity index (χ2n) is 9.40. The van der Waals surface area contributed by atoms with E-state index in [0.717, 1.165) is 22.9 Å². The Labute approximate surface area is 174 Å². The normalized spacial score (nSPS) is 11.9. The second-order valence-corrected chi connectivity index (χ2v) is 9.40. The number of carbonyl (C=O) groups excluding carboxylic acids is 1. The van der Waals surface area contributed by atoms with Crippen LogP contribution in [0, 0.1) is 11.3 Å². The third-order valence-electron chi connectivity index (χ3n) is 5.05.